The Hall–Kier alpha value is -2.38. The van der Waals surface area contributed by atoms with Gasteiger partial charge in [-0.05, 0) is 76.8 Å². The Labute approximate surface area is 183 Å². The van der Waals surface area contributed by atoms with E-state index in [1.54, 1.807) is 32.5 Å². The molecule has 0 fully saturated rings. The Bertz CT molecular complexity index is 1050. The molecule has 0 unspecified atom stereocenters. The van der Waals surface area contributed by atoms with Crippen molar-refractivity contribution in [1.82, 2.24) is 9.88 Å². The minimum absolute atomic E-state index is 0.0539. The van der Waals surface area contributed by atoms with Crippen LogP contribution >= 0.6 is 27.3 Å². The van der Waals surface area contributed by atoms with E-state index in [2.05, 4.69) is 41.9 Å². The van der Waals surface area contributed by atoms with Crippen molar-refractivity contribution in [3.05, 3.63) is 50.4 Å². The predicted octanol–water partition coefficient (Wildman–Crippen LogP) is 5.32. The number of carbonyl (C=O) groups is 1. The second-order valence-corrected chi connectivity index (χ2v) is 8.82. The van der Waals surface area contributed by atoms with Gasteiger partial charge in [-0.1, -0.05) is 6.08 Å². The maximum atomic E-state index is 11.8. The lowest BCUT2D eigenvalue weighted by Gasteiger charge is -2.15. The van der Waals surface area contributed by atoms with Gasteiger partial charge in [0.2, 0.25) is 0 Å². The first-order valence-corrected chi connectivity index (χ1v) is 10.7. The summed E-state index contributed by atoms with van der Waals surface area (Å²) in [6, 6.07) is 8.11. The molecule has 0 N–H and O–H groups in total. The number of likely N-dealkylation sites (N-methyl/N-ethyl adjacent to an activating group) is 1. The monoisotopic (exact) mass is 474 g/mol. The van der Waals surface area contributed by atoms with Crippen LogP contribution in [0.5, 0.6) is 11.5 Å². The summed E-state index contributed by atoms with van der Waals surface area (Å²) in [5.41, 5.74) is 4.47. The summed E-state index contributed by atoms with van der Waals surface area (Å²) >= 11 is 5.18. The van der Waals surface area contributed by atoms with Gasteiger partial charge in [0.25, 0.3) is 5.91 Å². The first-order chi connectivity index (χ1) is 13.8. The van der Waals surface area contributed by atoms with Crippen LogP contribution in [0.25, 0.3) is 22.4 Å². The highest BCUT2D eigenvalue weighted by molar-refractivity contribution is 9.10. The molecule has 0 aliphatic heterocycles. The number of hydrogen-bond donors (Lipinski definition) is 0. The standard InChI is InChI=1S/C22H23BrN2O3S/c1-13-8-17-19(9-14(13)2)29-20(24-17)7-6-15-10-16(23)22(18(11-15)27-5)28-12-21(26)25(3)4/h6-11H,12H2,1-5H3/b7-6+. The number of nitrogens with zero attached hydrogens (tertiary/aromatic N) is 2. The van der Waals surface area contributed by atoms with Crippen LogP contribution in [0.1, 0.15) is 21.7 Å². The third-order valence-electron chi connectivity index (χ3n) is 4.53. The predicted molar refractivity (Wildman–Crippen MR) is 123 cm³/mol. The fourth-order valence-electron chi connectivity index (χ4n) is 2.68. The maximum absolute atomic E-state index is 11.8. The molecule has 1 aromatic heterocycles. The lowest BCUT2D eigenvalue weighted by atomic mass is 10.1. The van der Waals surface area contributed by atoms with Crippen molar-refractivity contribution < 1.29 is 14.3 Å². The fourth-order valence-corrected chi connectivity index (χ4v) is 4.20. The van der Waals surface area contributed by atoms with Crippen molar-refractivity contribution in [3.8, 4) is 11.5 Å². The topological polar surface area (TPSA) is 51.7 Å². The Morgan fingerprint density at radius 3 is 2.59 bits per heavy atom. The molecule has 3 rings (SSSR count). The minimum Gasteiger partial charge on any atom is -0.493 e. The van der Waals surface area contributed by atoms with E-state index in [1.165, 1.54) is 20.7 Å². The second kappa shape index (κ2) is 8.97. The lowest BCUT2D eigenvalue weighted by Crippen LogP contribution is -2.27. The van der Waals surface area contributed by atoms with Crippen molar-refractivity contribution in [1.29, 1.82) is 0 Å². The number of fused-ring (bicyclic) bond motifs is 1. The molecule has 5 nitrogen and oxygen atoms in total. The number of methoxy groups -OCH3 is 1. The average Bonchev–Trinajstić information content (AvgIpc) is 3.06. The maximum Gasteiger partial charge on any atom is 0.259 e. The normalized spacial score (nSPS) is 11.2. The van der Waals surface area contributed by atoms with E-state index in [-0.39, 0.29) is 12.5 Å². The van der Waals surface area contributed by atoms with E-state index in [0.717, 1.165) is 20.6 Å². The van der Waals surface area contributed by atoms with Crippen molar-refractivity contribution in [2.75, 3.05) is 27.8 Å². The molecule has 0 radical (unpaired) electrons. The smallest absolute Gasteiger partial charge is 0.259 e. The van der Waals surface area contributed by atoms with Crippen molar-refractivity contribution in [2.45, 2.75) is 13.8 Å². The van der Waals surface area contributed by atoms with Gasteiger partial charge >= 0.3 is 0 Å². The van der Waals surface area contributed by atoms with E-state index in [0.29, 0.717) is 11.5 Å². The van der Waals surface area contributed by atoms with Crippen LogP contribution in [0.15, 0.2) is 28.7 Å². The van der Waals surface area contributed by atoms with Gasteiger partial charge in [0.1, 0.15) is 5.01 Å². The first-order valence-electron chi connectivity index (χ1n) is 9.05. The molecule has 0 saturated carbocycles. The van der Waals surface area contributed by atoms with Gasteiger partial charge in [0.05, 0.1) is 21.8 Å². The van der Waals surface area contributed by atoms with Crippen LogP contribution in [-0.2, 0) is 4.79 Å². The lowest BCUT2D eigenvalue weighted by molar-refractivity contribution is -0.130. The van der Waals surface area contributed by atoms with E-state index in [1.807, 2.05) is 24.3 Å². The molecule has 3 aromatic rings. The number of aryl methyl sites for hydroxylation is 2. The van der Waals surface area contributed by atoms with E-state index >= 15 is 0 Å². The molecule has 2 aromatic carbocycles. The number of hydrogen-bond acceptors (Lipinski definition) is 5. The number of ether oxygens (including phenoxy) is 2. The highest BCUT2D eigenvalue weighted by atomic mass is 79.9. The minimum atomic E-state index is -0.121. The Kier molecular flexibility index (Phi) is 6.59. The summed E-state index contributed by atoms with van der Waals surface area (Å²) in [6.07, 6.45) is 3.98. The van der Waals surface area contributed by atoms with Gasteiger partial charge in [-0.25, -0.2) is 4.98 Å². The molecule has 0 aliphatic carbocycles. The zero-order chi connectivity index (χ0) is 21.1. The second-order valence-electron chi connectivity index (χ2n) is 6.90. The average molecular weight is 475 g/mol. The fraction of sp³-hybridized carbons (Fsp3) is 0.273. The largest absolute Gasteiger partial charge is 0.493 e. The molecule has 152 valence electrons. The van der Waals surface area contributed by atoms with Gasteiger partial charge in [-0.2, -0.15) is 0 Å². The summed E-state index contributed by atoms with van der Waals surface area (Å²) in [6.45, 7) is 4.16. The molecule has 1 heterocycles. The van der Waals surface area contributed by atoms with Gasteiger partial charge < -0.3 is 14.4 Å². The number of rotatable bonds is 6. The number of aromatic nitrogens is 1. The number of halogens is 1. The SMILES string of the molecule is COc1cc(/C=C/c2nc3cc(C)c(C)cc3s2)cc(Br)c1OCC(=O)N(C)C. The van der Waals surface area contributed by atoms with Crippen LogP contribution in [0.3, 0.4) is 0 Å². The Morgan fingerprint density at radius 2 is 1.90 bits per heavy atom. The summed E-state index contributed by atoms with van der Waals surface area (Å²) in [4.78, 5) is 18.0. The quantitative estimate of drug-likeness (QED) is 0.484. The molecule has 0 spiro atoms. The molecular weight excluding hydrogens is 452 g/mol. The molecule has 7 heteroatoms. The van der Waals surface area contributed by atoms with Gasteiger partial charge in [0, 0.05) is 14.1 Å². The summed E-state index contributed by atoms with van der Waals surface area (Å²) in [5.74, 6) is 0.941. The van der Waals surface area contributed by atoms with Crippen LogP contribution in [0.2, 0.25) is 0 Å². The van der Waals surface area contributed by atoms with Crippen LogP contribution in [-0.4, -0.2) is 43.6 Å². The molecular formula is C22H23BrN2O3S. The summed E-state index contributed by atoms with van der Waals surface area (Å²) in [7, 11) is 4.96. The molecule has 29 heavy (non-hydrogen) atoms. The molecule has 0 saturated heterocycles. The molecule has 0 bridgehead atoms. The van der Waals surface area contributed by atoms with E-state index < -0.39 is 0 Å². The van der Waals surface area contributed by atoms with Crippen molar-refractivity contribution >= 4 is 55.5 Å². The summed E-state index contributed by atoms with van der Waals surface area (Å²) < 4.78 is 13.0. The molecule has 0 atom stereocenters. The van der Waals surface area contributed by atoms with Gasteiger partial charge in [0.15, 0.2) is 18.1 Å². The van der Waals surface area contributed by atoms with Crippen LogP contribution in [0.4, 0.5) is 0 Å². The zero-order valence-corrected chi connectivity index (χ0v) is 19.5. The van der Waals surface area contributed by atoms with Gasteiger partial charge in [-0.15, -0.1) is 11.3 Å². The highest BCUT2D eigenvalue weighted by Crippen LogP contribution is 2.37. The first kappa shape index (κ1) is 21.3. The molecule has 0 aliphatic rings. The van der Waals surface area contributed by atoms with Crippen molar-refractivity contribution in [2.24, 2.45) is 0 Å². The summed E-state index contributed by atoms with van der Waals surface area (Å²) in [5, 5.41) is 0.942. The Balaban J connectivity index is 1.84. The number of amides is 1. The number of benzene rings is 2. The van der Waals surface area contributed by atoms with Crippen LogP contribution in [0, 0.1) is 13.8 Å². The third kappa shape index (κ3) is 4.97. The van der Waals surface area contributed by atoms with Gasteiger partial charge in [-0.3, -0.25) is 4.79 Å². The third-order valence-corrected chi connectivity index (χ3v) is 6.10. The number of thiazole rings is 1. The Morgan fingerprint density at radius 1 is 1.17 bits per heavy atom. The molecule has 1 amide bonds. The zero-order valence-electron chi connectivity index (χ0n) is 17.1. The van der Waals surface area contributed by atoms with Crippen molar-refractivity contribution in [3.63, 3.8) is 0 Å². The number of carbonyl (C=O) groups excluding carboxylic acids is 1. The van der Waals surface area contributed by atoms with E-state index in [4.69, 9.17) is 14.5 Å². The van der Waals surface area contributed by atoms with Crippen LogP contribution < -0.4 is 9.47 Å². The highest BCUT2D eigenvalue weighted by Gasteiger charge is 2.14. The van der Waals surface area contributed by atoms with E-state index in [9.17, 15) is 4.79 Å².